The molecule has 6 nitrogen and oxygen atoms in total. The van der Waals surface area contributed by atoms with E-state index in [0.29, 0.717) is 22.8 Å². The van der Waals surface area contributed by atoms with Crippen molar-refractivity contribution in [3.05, 3.63) is 82.3 Å². The van der Waals surface area contributed by atoms with Crippen molar-refractivity contribution < 1.29 is 27.2 Å². The number of nitrogens with one attached hydrogen (secondary N) is 2. The molecule has 11 heteroatoms. The first-order valence-electron chi connectivity index (χ1n) is 9.87. The van der Waals surface area contributed by atoms with Gasteiger partial charge >= 0.3 is 6.18 Å². The first-order chi connectivity index (χ1) is 15.7. The van der Waals surface area contributed by atoms with E-state index < -0.39 is 17.6 Å². The quantitative estimate of drug-likeness (QED) is 0.517. The maximum Gasteiger partial charge on any atom is 0.416 e. The molecular weight excluding hydrogens is 460 g/mol. The Bertz CT molecular complexity index is 1190. The average Bonchev–Trinajstić information content (AvgIpc) is 3.35. The Morgan fingerprint density at radius 3 is 2.58 bits per heavy atom. The van der Waals surface area contributed by atoms with Crippen LogP contribution in [0.25, 0.3) is 0 Å². The highest BCUT2D eigenvalue weighted by Gasteiger charge is 2.31. The molecule has 0 aliphatic carbocycles. The van der Waals surface area contributed by atoms with Gasteiger partial charge in [0.05, 0.1) is 11.3 Å². The van der Waals surface area contributed by atoms with Crippen LogP contribution in [-0.2, 0) is 35.6 Å². The van der Waals surface area contributed by atoms with Gasteiger partial charge in [0.1, 0.15) is 18.2 Å². The summed E-state index contributed by atoms with van der Waals surface area (Å²) in [6.07, 6.45) is -4.57. The van der Waals surface area contributed by atoms with Crippen molar-refractivity contribution >= 4 is 29.4 Å². The second-order valence-corrected chi connectivity index (χ2v) is 8.35. The van der Waals surface area contributed by atoms with Crippen molar-refractivity contribution in [3.8, 4) is 0 Å². The molecule has 2 heterocycles. The van der Waals surface area contributed by atoms with E-state index in [0.717, 1.165) is 23.8 Å². The molecule has 0 unspecified atom stereocenters. The van der Waals surface area contributed by atoms with Crippen molar-refractivity contribution in [1.82, 2.24) is 15.1 Å². The third-order valence-electron chi connectivity index (χ3n) is 5.00. The molecule has 4 rings (SSSR count). The molecule has 33 heavy (non-hydrogen) atoms. The van der Waals surface area contributed by atoms with Crippen LogP contribution in [0.2, 0.25) is 0 Å². The number of nitrogens with zero attached hydrogens (tertiary/aromatic N) is 2. The second-order valence-electron chi connectivity index (χ2n) is 7.36. The monoisotopic (exact) mass is 478 g/mol. The van der Waals surface area contributed by atoms with Gasteiger partial charge in [-0.25, -0.2) is 9.07 Å². The molecule has 1 aromatic heterocycles. The molecular formula is C22H18F4N4O2S. The maximum atomic E-state index is 13.0. The van der Waals surface area contributed by atoms with Crippen molar-refractivity contribution in [2.45, 2.75) is 30.8 Å². The van der Waals surface area contributed by atoms with Crippen LogP contribution in [0.3, 0.4) is 0 Å². The van der Waals surface area contributed by atoms with E-state index in [9.17, 15) is 27.2 Å². The van der Waals surface area contributed by atoms with Gasteiger partial charge in [-0.05, 0) is 35.9 Å². The minimum atomic E-state index is -4.57. The van der Waals surface area contributed by atoms with Gasteiger partial charge in [0.25, 0.3) is 5.91 Å². The summed E-state index contributed by atoms with van der Waals surface area (Å²) in [6, 6.07) is 9.80. The van der Waals surface area contributed by atoms with Gasteiger partial charge in [-0.1, -0.05) is 18.2 Å². The highest BCUT2D eigenvalue weighted by molar-refractivity contribution is 7.98. The lowest BCUT2D eigenvalue weighted by Crippen LogP contribution is -2.29. The zero-order valence-corrected chi connectivity index (χ0v) is 17.9. The van der Waals surface area contributed by atoms with Crippen LogP contribution in [0, 0.1) is 5.82 Å². The Balaban J connectivity index is 1.49. The number of carbonyl (C=O) groups excluding carboxylic acids is 2. The van der Waals surface area contributed by atoms with Gasteiger partial charge in [0, 0.05) is 29.2 Å². The van der Waals surface area contributed by atoms with Gasteiger partial charge < -0.3 is 10.6 Å². The summed E-state index contributed by atoms with van der Waals surface area (Å²) >= 11 is 1.58. The normalized spacial score (nSPS) is 13.0. The number of anilines is 1. The predicted octanol–water partition coefficient (Wildman–Crippen LogP) is 4.36. The Morgan fingerprint density at radius 1 is 1.09 bits per heavy atom. The molecule has 0 saturated carbocycles. The van der Waals surface area contributed by atoms with E-state index in [1.807, 2.05) is 0 Å². The van der Waals surface area contributed by atoms with E-state index in [1.54, 1.807) is 23.9 Å². The summed E-state index contributed by atoms with van der Waals surface area (Å²) in [5.74, 6) is -0.0441. The zero-order chi connectivity index (χ0) is 23.6. The van der Waals surface area contributed by atoms with Gasteiger partial charge in [-0.15, -0.1) is 0 Å². The molecule has 0 fully saturated rings. The second kappa shape index (κ2) is 9.26. The topological polar surface area (TPSA) is 76.0 Å². The number of rotatable bonds is 6. The molecule has 2 N–H and O–H groups in total. The molecule has 0 spiro atoms. The SMILES string of the molecule is O=C(Cn1nc2c(c1NC(=O)c1cccc(C(F)(F)F)c1)CSC2)NCc1ccc(F)cc1. The summed E-state index contributed by atoms with van der Waals surface area (Å²) in [6.45, 7) is -0.0149. The summed E-state index contributed by atoms with van der Waals surface area (Å²) in [4.78, 5) is 25.2. The van der Waals surface area contributed by atoms with Crippen molar-refractivity contribution in [2.24, 2.45) is 0 Å². The predicted molar refractivity (Wildman–Crippen MR) is 115 cm³/mol. The number of thioether (sulfide) groups is 1. The largest absolute Gasteiger partial charge is 0.416 e. The first kappa shape index (κ1) is 22.8. The fourth-order valence-corrected chi connectivity index (χ4v) is 4.37. The number of hydrogen-bond donors (Lipinski definition) is 2. The Hall–Kier alpha value is -3.34. The van der Waals surface area contributed by atoms with Gasteiger partial charge in [-0.2, -0.15) is 30.0 Å². The van der Waals surface area contributed by atoms with Crippen molar-refractivity contribution in [1.29, 1.82) is 0 Å². The van der Waals surface area contributed by atoms with E-state index in [4.69, 9.17) is 0 Å². The summed E-state index contributed by atoms with van der Waals surface area (Å²) < 4.78 is 53.4. The van der Waals surface area contributed by atoms with Crippen LogP contribution in [0.4, 0.5) is 23.4 Å². The molecule has 2 aromatic carbocycles. The third kappa shape index (κ3) is 5.36. The molecule has 0 saturated heterocycles. The number of amides is 2. The van der Waals surface area contributed by atoms with E-state index in [-0.39, 0.29) is 36.2 Å². The Labute approximate surface area is 190 Å². The first-order valence-corrected chi connectivity index (χ1v) is 11.0. The van der Waals surface area contributed by atoms with Crippen LogP contribution in [0.5, 0.6) is 0 Å². The minimum Gasteiger partial charge on any atom is -0.350 e. The van der Waals surface area contributed by atoms with E-state index in [2.05, 4.69) is 15.7 Å². The summed E-state index contributed by atoms with van der Waals surface area (Å²) in [7, 11) is 0. The average molecular weight is 478 g/mol. The highest BCUT2D eigenvalue weighted by Crippen LogP contribution is 2.35. The molecule has 172 valence electrons. The molecule has 1 aliphatic rings. The van der Waals surface area contributed by atoms with Gasteiger partial charge in [0.2, 0.25) is 5.91 Å². The van der Waals surface area contributed by atoms with Crippen molar-refractivity contribution in [2.75, 3.05) is 5.32 Å². The van der Waals surface area contributed by atoms with Crippen LogP contribution >= 0.6 is 11.8 Å². The number of benzene rings is 2. The molecule has 0 atom stereocenters. The van der Waals surface area contributed by atoms with Crippen LogP contribution in [0.15, 0.2) is 48.5 Å². The number of alkyl halides is 3. The number of aromatic nitrogens is 2. The smallest absolute Gasteiger partial charge is 0.350 e. The van der Waals surface area contributed by atoms with Crippen LogP contribution < -0.4 is 10.6 Å². The van der Waals surface area contributed by atoms with Crippen molar-refractivity contribution in [3.63, 3.8) is 0 Å². The Kier molecular flexibility index (Phi) is 6.41. The number of halogens is 4. The molecule has 2 amide bonds. The fraction of sp³-hybridized carbons (Fsp3) is 0.227. The molecule has 3 aromatic rings. The molecule has 1 aliphatic heterocycles. The van der Waals surface area contributed by atoms with Crippen LogP contribution in [0.1, 0.15) is 32.7 Å². The maximum absolute atomic E-state index is 13.0. The zero-order valence-electron chi connectivity index (χ0n) is 17.1. The Morgan fingerprint density at radius 2 is 1.85 bits per heavy atom. The summed E-state index contributed by atoms with van der Waals surface area (Å²) in [5, 5.41) is 9.72. The van der Waals surface area contributed by atoms with Gasteiger partial charge in [0.15, 0.2) is 0 Å². The minimum absolute atomic E-state index is 0.155. The number of fused-ring (bicyclic) bond motifs is 1. The summed E-state index contributed by atoms with van der Waals surface area (Å²) in [5.41, 5.74) is 1.09. The lowest BCUT2D eigenvalue weighted by atomic mass is 10.1. The van der Waals surface area contributed by atoms with E-state index >= 15 is 0 Å². The number of carbonyl (C=O) groups is 2. The lowest BCUT2D eigenvalue weighted by molar-refractivity contribution is -0.137. The lowest BCUT2D eigenvalue weighted by Gasteiger charge is -2.12. The third-order valence-corrected chi connectivity index (χ3v) is 5.97. The van der Waals surface area contributed by atoms with E-state index in [1.165, 1.54) is 22.9 Å². The molecule has 0 bridgehead atoms. The molecule has 0 radical (unpaired) electrons. The highest BCUT2D eigenvalue weighted by atomic mass is 32.2. The standard InChI is InChI=1S/C22H18F4N4O2S/c23-16-6-4-13(5-7-16)9-27-19(31)10-30-20(17-11-33-12-18(17)29-30)28-21(32)14-2-1-3-15(8-14)22(24,25)26/h1-8H,9-12H2,(H,27,31)(H,28,32). The van der Waals surface area contributed by atoms with Crippen LogP contribution in [-0.4, -0.2) is 21.6 Å². The fourth-order valence-electron chi connectivity index (χ4n) is 3.33. The number of hydrogen-bond acceptors (Lipinski definition) is 4. The van der Waals surface area contributed by atoms with Gasteiger partial charge in [-0.3, -0.25) is 9.59 Å².